The molecule has 2 aromatic carbocycles. The smallest absolute Gasteiger partial charge is 0.325 e. The first-order valence-electron chi connectivity index (χ1n) is 10.8. The number of nitrogens with zero attached hydrogens (tertiary/aromatic N) is 1. The maximum Gasteiger partial charge on any atom is 0.325 e. The molecule has 1 fully saturated rings. The molecular formula is C24H25N5O5. The summed E-state index contributed by atoms with van der Waals surface area (Å²) in [5, 5.41) is 5.64. The number of carbonyl (C=O) groups excluding carboxylic acids is 2. The van der Waals surface area contributed by atoms with Crippen LogP contribution in [0.25, 0.3) is 0 Å². The van der Waals surface area contributed by atoms with E-state index in [2.05, 4.69) is 20.6 Å². The number of methoxy groups -OCH3 is 1. The largest absolute Gasteiger partial charge is 0.497 e. The fourth-order valence-corrected chi connectivity index (χ4v) is 3.99. The van der Waals surface area contributed by atoms with E-state index in [9.17, 15) is 19.2 Å². The summed E-state index contributed by atoms with van der Waals surface area (Å²) in [7, 11) is 1.57. The Balaban J connectivity index is 1.37. The van der Waals surface area contributed by atoms with Crippen molar-refractivity contribution in [3.05, 3.63) is 86.7 Å². The van der Waals surface area contributed by atoms with Gasteiger partial charge in [0.25, 0.3) is 11.5 Å². The van der Waals surface area contributed by atoms with Gasteiger partial charge in [0.2, 0.25) is 5.91 Å². The molecule has 1 aromatic heterocycles. The molecule has 0 aliphatic carbocycles. The van der Waals surface area contributed by atoms with Crippen molar-refractivity contribution in [1.82, 2.24) is 14.9 Å². The Morgan fingerprint density at radius 3 is 2.56 bits per heavy atom. The van der Waals surface area contributed by atoms with E-state index in [0.29, 0.717) is 47.9 Å². The van der Waals surface area contributed by atoms with Crippen molar-refractivity contribution in [2.75, 3.05) is 37.4 Å². The zero-order valence-corrected chi connectivity index (χ0v) is 18.6. The molecule has 0 saturated carbocycles. The number of amides is 2. The first kappa shape index (κ1) is 23.0. The summed E-state index contributed by atoms with van der Waals surface area (Å²) in [5.74, 6) is 0.0379. The van der Waals surface area contributed by atoms with E-state index in [-0.39, 0.29) is 24.3 Å². The van der Waals surface area contributed by atoms with E-state index in [0.717, 1.165) is 0 Å². The lowest BCUT2D eigenvalue weighted by molar-refractivity contribution is -0.117. The molecule has 0 bridgehead atoms. The van der Waals surface area contributed by atoms with Gasteiger partial charge < -0.3 is 20.4 Å². The third-order valence-electron chi connectivity index (χ3n) is 5.65. The fourth-order valence-electron chi connectivity index (χ4n) is 3.99. The molecule has 0 spiro atoms. The second kappa shape index (κ2) is 10.2. The van der Waals surface area contributed by atoms with Gasteiger partial charge in [0.15, 0.2) is 0 Å². The van der Waals surface area contributed by atoms with Crippen LogP contribution in [0.1, 0.15) is 28.4 Å². The van der Waals surface area contributed by atoms with Crippen molar-refractivity contribution in [2.45, 2.75) is 12.3 Å². The zero-order chi connectivity index (χ0) is 24.1. The molecule has 2 amide bonds. The van der Waals surface area contributed by atoms with Crippen LogP contribution in [-0.4, -0.2) is 53.4 Å². The number of aromatic nitrogens is 2. The van der Waals surface area contributed by atoms with Gasteiger partial charge >= 0.3 is 5.69 Å². The number of H-pyrrole nitrogens is 2. The third-order valence-corrected chi connectivity index (χ3v) is 5.65. The van der Waals surface area contributed by atoms with Gasteiger partial charge in [-0.15, -0.1) is 0 Å². The van der Waals surface area contributed by atoms with Crippen LogP contribution in [0.4, 0.5) is 11.4 Å². The SMILES string of the molecule is COc1ccc(NC(=O)c2ccccc2NC(=O)CN2CCC(c3cc(=O)[nH]c(=O)[nH]3)C2)cc1. The predicted molar refractivity (Wildman–Crippen MR) is 128 cm³/mol. The van der Waals surface area contributed by atoms with E-state index in [1.807, 2.05) is 4.90 Å². The van der Waals surface area contributed by atoms with Crippen molar-refractivity contribution < 1.29 is 14.3 Å². The van der Waals surface area contributed by atoms with Crippen molar-refractivity contribution >= 4 is 23.2 Å². The van der Waals surface area contributed by atoms with Crippen molar-refractivity contribution in [3.8, 4) is 5.75 Å². The normalized spacial score (nSPS) is 15.6. The van der Waals surface area contributed by atoms with Gasteiger partial charge in [-0.05, 0) is 49.4 Å². The predicted octanol–water partition coefficient (Wildman–Crippen LogP) is 1.75. The number of carbonyl (C=O) groups is 2. The number of nitrogens with one attached hydrogen (secondary N) is 4. The van der Waals surface area contributed by atoms with E-state index in [4.69, 9.17) is 4.74 Å². The molecule has 0 radical (unpaired) electrons. The first-order chi connectivity index (χ1) is 16.4. The van der Waals surface area contributed by atoms with Gasteiger partial charge in [-0.1, -0.05) is 12.1 Å². The molecule has 10 nitrogen and oxygen atoms in total. The summed E-state index contributed by atoms with van der Waals surface area (Å²) in [6.07, 6.45) is 0.716. The Morgan fingerprint density at radius 2 is 1.82 bits per heavy atom. The number of hydrogen-bond acceptors (Lipinski definition) is 6. The minimum absolute atomic E-state index is 0.0367. The Hall–Kier alpha value is -4.18. The quantitative estimate of drug-likeness (QED) is 0.421. The second-order valence-electron chi connectivity index (χ2n) is 8.04. The monoisotopic (exact) mass is 463 g/mol. The minimum Gasteiger partial charge on any atom is -0.497 e. The number of ether oxygens (including phenoxy) is 1. The van der Waals surface area contributed by atoms with E-state index >= 15 is 0 Å². The second-order valence-corrected chi connectivity index (χ2v) is 8.04. The van der Waals surface area contributed by atoms with Crippen LogP contribution in [0.15, 0.2) is 64.2 Å². The Kier molecular flexibility index (Phi) is 6.88. The lowest BCUT2D eigenvalue weighted by atomic mass is 10.1. The summed E-state index contributed by atoms with van der Waals surface area (Å²) in [6, 6.07) is 15.1. The highest BCUT2D eigenvalue weighted by Gasteiger charge is 2.26. The lowest BCUT2D eigenvalue weighted by Gasteiger charge is -2.17. The van der Waals surface area contributed by atoms with E-state index in [1.54, 1.807) is 55.6 Å². The van der Waals surface area contributed by atoms with Gasteiger partial charge in [0.05, 0.1) is 24.9 Å². The van der Waals surface area contributed by atoms with Crippen molar-refractivity contribution in [3.63, 3.8) is 0 Å². The lowest BCUT2D eigenvalue weighted by Crippen LogP contribution is -2.32. The molecule has 1 aliphatic heterocycles. The summed E-state index contributed by atoms with van der Waals surface area (Å²) in [4.78, 5) is 55.4. The number of anilines is 2. The summed E-state index contributed by atoms with van der Waals surface area (Å²) >= 11 is 0. The van der Waals surface area contributed by atoms with Crippen LogP contribution >= 0.6 is 0 Å². The van der Waals surface area contributed by atoms with Crippen LogP contribution < -0.4 is 26.6 Å². The maximum atomic E-state index is 12.8. The van der Waals surface area contributed by atoms with Crippen LogP contribution in [0.5, 0.6) is 5.75 Å². The zero-order valence-electron chi connectivity index (χ0n) is 18.6. The van der Waals surface area contributed by atoms with Gasteiger partial charge in [0.1, 0.15) is 5.75 Å². The molecule has 34 heavy (non-hydrogen) atoms. The highest BCUT2D eigenvalue weighted by atomic mass is 16.5. The van der Waals surface area contributed by atoms with Crippen molar-refractivity contribution in [1.29, 1.82) is 0 Å². The maximum absolute atomic E-state index is 12.8. The average molecular weight is 463 g/mol. The number of para-hydroxylation sites is 1. The van der Waals surface area contributed by atoms with Gasteiger partial charge in [0, 0.05) is 29.9 Å². The molecular weight excluding hydrogens is 438 g/mol. The standard InChI is InChI=1S/C24H25N5O5/c1-34-17-8-6-16(7-9-17)25-23(32)18-4-2-3-5-19(18)26-22(31)14-29-11-10-15(13-29)20-12-21(30)28-24(33)27-20/h2-9,12,15H,10-11,13-14H2,1H3,(H,25,32)(H,26,31)(H2,27,28,30,33). The first-order valence-corrected chi connectivity index (χ1v) is 10.8. The van der Waals surface area contributed by atoms with Crippen molar-refractivity contribution in [2.24, 2.45) is 0 Å². The topological polar surface area (TPSA) is 136 Å². The molecule has 2 heterocycles. The molecule has 4 N–H and O–H groups in total. The Bertz CT molecular complexity index is 1270. The van der Waals surface area contributed by atoms with Crippen LogP contribution in [-0.2, 0) is 4.79 Å². The number of aromatic amines is 2. The molecule has 1 aliphatic rings. The number of rotatable bonds is 7. The third kappa shape index (κ3) is 5.59. The van der Waals surface area contributed by atoms with Gasteiger partial charge in [-0.25, -0.2) is 4.79 Å². The highest BCUT2D eigenvalue weighted by Crippen LogP contribution is 2.24. The molecule has 1 unspecified atom stereocenters. The summed E-state index contributed by atoms with van der Waals surface area (Å²) in [6.45, 7) is 1.30. The Morgan fingerprint density at radius 1 is 1.06 bits per heavy atom. The molecule has 1 atom stereocenters. The summed E-state index contributed by atoms with van der Waals surface area (Å²) in [5.41, 5.74) is 0.938. The summed E-state index contributed by atoms with van der Waals surface area (Å²) < 4.78 is 5.12. The fraction of sp³-hybridized carbons (Fsp3) is 0.250. The highest BCUT2D eigenvalue weighted by molar-refractivity contribution is 6.10. The number of hydrogen-bond donors (Lipinski definition) is 4. The Labute approximate surface area is 195 Å². The van der Waals surface area contributed by atoms with E-state index in [1.165, 1.54) is 6.07 Å². The molecule has 10 heteroatoms. The number of likely N-dealkylation sites (tertiary alicyclic amines) is 1. The average Bonchev–Trinajstić information content (AvgIpc) is 3.27. The molecule has 176 valence electrons. The van der Waals surface area contributed by atoms with Crippen LogP contribution in [0.3, 0.4) is 0 Å². The minimum atomic E-state index is -0.539. The van der Waals surface area contributed by atoms with Crippen LogP contribution in [0, 0.1) is 0 Å². The molecule has 3 aromatic rings. The number of benzene rings is 2. The van der Waals surface area contributed by atoms with Gasteiger partial charge in [-0.3, -0.25) is 24.3 Å². The van der Waals surface area contributed by atoms with Crippen LogP contribution in [0.2, 0.25) is 0 Å². The van der Waals surface area contributed by atoms with E-state index < -0.39 is 11.2 Å². The molecule has 4 rings (SSSR count). The molecule has 1 saturated heterocycles. The van der Waals surface area contributed by atoms with Gasteiger partial charge in [-0.2, -0.15) is 0 Å².